The van der Waals surface area contributed by atoms with Gasteiger partial charge in [0.15, 0.2) is 0 Å². The molecule has 4 heteroatoms. The van der Waals surface area contributed by atoms with Crippen molar-refractivity contribution in [1.82, 2.24) is 0 Å². The number of hydrogen-bond donors (Lipinski definition) is 0. The Morgan fingerprint density at radius 3 is 1.73 bits per heavy atom. The Hall–Kier alpha value is -3.01. The zero-order chi connectivity index (χ0) is 18.3. The molecule has 1 heterocycles. The van der Waals surface area contributed by atoms with Crippen molar-refractivity contribution in [3.05, 3.63) is 83.2 Å². The molecule has 3 aromatic rings. The molecular formula is C22H20FNO2. The maximum Gasteiger partial charge on any atom is 0.125 e. The number of hydrogen-bond acceptors (Lipinski definition) is 3. The van der Waals surface area contributed by atoms with Crippen LogP contribution in [0.15, 0.2) is 60.7 Å². The van der Waals surface area contributed by atoms with E-state index in [2.05, 4.69) is 17.0 Å². The summed E-state index contributed by atoms with van der Waals surface area (Å²) < 4.78 is 24.9. The summed E-state index contributed by atoms with van der Waals surface area (Å²) in [6, 6.07) is 18.7. The lowest BCUT2D eigenvalue weighted by Crippen LogP contribution is -2.23. The molecule has 0 bridgehead atoms. The van der Waals surface area contributed by atoms with Crippen LogP contribution in [-0.2, 0) is 0 Å². The zero-order valence-corrected chi connectivity index (χ0v) is 15.0. The lowest BCUT2D eigenvalue weighted by molar-refractivity contribution is 0.402. The van der Waals surface area contributed by atoms with Gasteiger partial charge in [-0.3, -0.25) is 0 Å². The fraction of sp³-hybridized carbons (Fsp3) is 0.182. The summed E-state index contributed by atoms with van der Waals surface area (Å²) in [7, 11) is 5.39. The zero-order valence-electron chi connectivity index (χ0n) is 15.0. The summed E-state index contributed by atoms with van der Waals surface area (Å²) in [6.07, 6.45) is 0. The minimum Gasteiger partial charge on any atom is -0.496 e. The molecule has 0 saturated heterocycles. The van der Waals surface area contributed by atoms with Crippen molar-refractivity contribution < 1.29 is 13.9 Å². The molecule has 0 fully saturated rings. The quantitative estimate of drug-likeness (QED) is 0.656. The van der Waals surface area contributed by atoms with Gasteiger partial charge in [-0.05, 0) is 42.0 Å². The summed E-state index contributed by atoms with van der Waals surface area (Å²) in [4.78, 5) is 2.15. The average molecular weight is 349 g/mol. The predicted octanol–water partition coefficient (Wildman–Crippen LogP) is 5.10. The fourth-order valence-electron chi connectivity index (χ4n) is 3.85. The van der Waals surface area contributed by atoms with Crippen LogP contribution in [0.4, 0.5) is 15.8 Å². The molecule has 132 valence electrons. The standard InChI is InChI=1S/C22H20FNO2/c1-24-16-6-4-8-18(25-2)21(16)20(14-10-12-15(23)13-11-14)22-17(24)7-5-9-19(22)26-3/h4-13,20H,1-3H3. The smallest absolute Gasteiger partial charge is 0.125 e. The Labute approximate surface area is 152 Å². The molecule has 0 N–H and O–H groups in total. The second-order valence-electron chi connectivity index (χ2n) is 6.33. The first kappa shape index (κ1) is 16.5. The highest BCUT2D eigenvalue weighted by Crippen LogP contribution is 2.53. The fourth-order valence-corrected chi connectivity index (χ4v) is 3.85. The third kappa shape index (κ3) is 2.41. The molecule has 3 aromatic carbocycles. The van der Waals surface area contributed by atoms with Crippen LogP contribution in [0.5, 0.6) is 11.5 Å². The van der Waals surface area contributed by atoms with Crippen molar-refractivity contribution in [2.24, 2.45) is 0 Å². The Balaban J connectivity index is 2.06. The van der Waals surface area contributed by atoms with Crippen LogP contribution < -0.4 is 14.4 Å². The Morgan fingerprint density at radius 1 is 0.769 bits per heavy atom. The minimum atomic E-state index is -0.248. The first-order valence-corrected chi connectivity index (χ1v) is 8.48. The summed E-state index contributed by atoms with van der Waals surface area (Å²) in [6.45, 7) is 0. The average Bonchev–Trinajstić information content (AvgIpc) is 2.68. The predicted molar refractivity (Wildman–Crippen MR) is 101 cm³/mol. The molecule has 0 radical (unpaired) electrons. The second-order valence-corrected chi connectivity index (χ2v) is 6.33. The summed E-state index contributed by atoms with van der Waals surface area (Å²) in [5, 5.41) is 0. The highest BCUT2D eigenvalue weighted by molar-refractivity contribution is 5.81. The third-order valence-electron chi connectivity index (χ3n) is 5.03. The van der Waals surface area contributed by atoms with Crippen LogP contribution in [-0.4, -0.2) is 21.3 Å². The molecule has 0 amide bonds. The normalized spacial score (nSPS) is 13.2. The van der Waals surface area contributed by atoms with Gasteiger partial charge in [0.1, 0.15) is 17.3 Å². The SMILES string of the molecule is COc1cccc2c1C(c1ccc(F)cc1)c1c(OC)cccc1N2C. The number of halogens is 1. The van der Waals surface area contributed by atoms with E-state index in [1.165, 1.54) is 12.1 Å². The van der Waals surface area contributed by atoms with Crippen molar-refractivity contribution >= 4 is 11.4 Å². The number of nitrogens with zero attached hydrogens (tertiary/aromatic N) is 1. The molecule has 4 rings (SSSR count). The third-order valence-corrected chi connectivity index (χ3v) is 5.03. The summed E-state index contributed by atoms with van der Waals surface area (Å²) >= 11 is 0. The lowest BCUT2D eigenvalue weighted by atomic mass is 9.79. The van der Waals surface area contributed by atoms with Crippen molar-refractivity contribution in [3.63, 3.8) is 0 Å². The molecule has 1 aliphatic rings. The van der Waals surface area contributed by atoms with Crippen molar-refractivity contribution in [1.29, 1.82) is 0 Å². The highest BCUT2D eigenvalue weighted by Gasteiger charge is 2.34. The summed E-state index contributed by atoms with van der Waals surface area (Å²) in [5.41, 5.74) is 5.25. The molecule has 0 aromatic heterocycles. The molecule has 0 saturated carbocycles. The van der Waals surface area contributed by atoms with Crippen molar-refractivity contribution in [2.75, 3.05) is 26.2 Å². The highest BCUT2D eigenvalue weighted by atomic mass is 19.1. The lowest BCUT2D eigenvalue weighted by Gasteiger charge is -2.37. The van der Waals surface area contributed by atoms with Gasteiger partial charge in [0, 0.05) is 35.5 Å². The van der Waals surface area contributed by atoms with E-state index in [0.29, 0.717) is 0 Å². The van der Waals surface area contributed by atoms with Gasteiger partial charge in [-0.1, -0.05) is 24.3 Å². The van der Waals surface area contributed by atoms with Crippen LogP contribution in [0.1, 0.15) is 22.6 Å². The summed E-state index contributed by atoms with van der Waals surface area (Å²) in [5.74, 6) is 1.26. The molecule has 0 spiro atoms. The van der Waals surface area contributed by atoms with Gasteiger partial charge in [0.05, 0.1) is 14.2 Å². The maximum absolute atomic E-state index is 13.5. The Kier molecular flexibility index (Phi) is 4.03. The van der Waals surface area contributed by atoms with Gasteiger partial charge >= 0.3 is 0 Å². The molecule has 1 aliphatic heterocycles. The van der Waals surface area contributed by atoms with E-state index in [0.717, 1.165) is 39.6 Å². The Morgan fingerprint density at radius 2 is 1.27 bits per heavy atom. The monoisotopic (exact) mass is 349 g/mol. The number of fused-ring (bicyclic) bond motifs is 2. The van der Waals surface area contributed by atoms with Crippen LogP contribution in [0, 0.1) is 5.82 Å². The topological polar surface area (TPSA) is 21.7 Å². The number of rotatable bonds is 3. The van der Waals surface area contributed by atoms with E-state index >= 15 is 0 Å². The van der Waals surface area contributed by atoms with Crippen molar-refractivity contribution in [3.8, 4) is 11.5 Å². The number of anilines is 2. The first-order chi connectivity index (χ1) is 12.7. The number of methoxy groups -OCH3 is 2. The molecule has 0 atom stereocenters. The molecular weight excluding hydrogens is 329 g/mol. The van der Waals surface area contributed by atoms with Crippen LogP contribution in [0.2, 0.25) is 0 Å². The van der Waals surface area contributed by atoms with Gasteiger partial charge in [-0.25, -0.2) is 4.39 Å². The largest absolute Gasteiger partial charge is 0.496 e. The first-order valence-electron chi connectivity index (χ1n) is 8.48. The number of ether oxygens (including phenoxy) is 2. The molecule has 3 nitrogen and oxygen atoms in total. The second kappa shape index (κ2) is 6.37. The van der Waals surface area contributed by atoms with Crippen LogP contribution in [0.25, 0.3) is 0 Å². The molecule has 0 aliphatic carbocycles. The molecule has 0 unspecified atom stereocenters. The van der Waals surface area contributed by atoms with Gasteiger partial charge in [-0.2, -0.15) is 0 Å². The van der Waals surface area contributed by atoms with E-state index in [4.69, 9.17) is 9.47 Å². The Bertz CT molecular complexity index is 897. The van der Waals surface area contributed by atoms with Gasteiger partial charge < -0.3 is 14.4 Å². The molecule has 26 heavy (non-hydrogen) atoms. The maximum atomic E-state index is 13.5. The van der Waals surface area contributed by atoms with Crippen LogP contribution >= 0.6 is 0 Å². The van der Waals surface area contributed by atoms with Gasteiger partial charge in [0.2, 0.25) is 0 Å². The van der Waals surface area contributed by atoms with E-state index in [1.807, 2.05) is 43.4 Å². The van der Waals surface area contributed by atoms with Gasteiger partial charge in [-0.15, -0.1) is 0 Å². The van der Waals surface area contributed by atoms with E-state index in [9.17, 15) is 4.39 Å². The van der Waals surface area contributed by atoms with E-state index in [-0.39, 0.29) is 11.7 Å². The van der Waals surface area contributed by atoms with E-state index < -0.39 is 0 Å². The van der Waals surface area contributed by atoms with Crippen LogP contribution in [0.3, 0.4) is 0 Å². The van der Waals surface area contributed by atoms with E-state index in [1.54, 1.807) is 14.2 Å². The number of benzene rings is 3. The van der Waals surface area contributed by atoms with Crippen molar-refractivity contribution in [2.45, 2.75) is 5.92 Å². The minimum absolute atomic E-state index is 0.107. The van der Waals surface area contributed by atoms with Gasteiger partial charge in [0.25, 0.3) is 0 Å².